The quantitative estimate of drug-likeness (QED) is 0.673. The van der Waals surface area contributed by atoms with E-state index < -0.39 is 17.4 Å². The minimum Gasteiger partial charge on any atom is -0.294 e. The monoisotopic (exact) mass is 294 g/mol. The smallest absolute Gasteiger partial charge is 0.246 e. The highest BCUT2D eigenvalue weighted by Crippen LogP contribution is 2.19. The topological polar surface area (TPSA) is 66.5 Å². The van der Waals surface area contributed by atoms with Gasteiger partial charge in [0.1, 0.15) is 0 Å². The summed E-state index contributed by atoms with van der Waals surface area (Å²) in [6.07, 6.45) is 0. The second-order valence-electron chi connectivity index (χ2n) is 5.22. The molecule has 106 valence electrons. The van der Waals surface area contributed by atoms with Crippen molar-refractivity contribution in [2.45, 2.75) is 19.4 Å². The van der Waals surface area contributed by atoms with Gasteiger partial charge in [0.2, 0.25) is 11.8 Å². The van der Waals surface area contributed by atoms with Gasteiger partial charge in [-0.3, -0.25) is 24.6 Å². The van der Waals surface area contributed by atoms with Crippen LogP contribution in [-0.4, -0.2) is 41.1 Å². The molecule has 20 heavy (non-hydrogen) atoms. The van der Waals surface area contributed by atoms with Crippen LogP contribution in [0.1, 0.15) is 24.2 Å². The predicted octanol–water partition coefficient (Wildman–Crippen LogP) is 1.26. The molecule has 0 spiro atoms. The van der Waals surface area contributed by atoms with Crippen LogP contribution in [0.15, 0.2) is 24.3 Å². The molecule has 0 aliphatic carbocycles. The third-order valence-electron chi connectivity index (χ3n) is 3.43. The van der Waals surface area contributed by atoms with Crippen molar-refractivity contribution in [1.82, 2.24) is 10.2 Å². The second kappa shape index (κ2) is 5.34. The van der Waals surface area contributed by atoms with Gasteiger partial charge in [0.25, 0.3) is 0 Å². The number of hydrogen-bond donors (Lipinski definition) is 1. The third-order valence-corrected chi connectivity index (χ3v) is 3.69. The molecule has 1 aromatic rings. The number of nitrogens with zero attached hydrogens (tertiary/aromatic N) is 1. The van der Waals surface area contributed by atoms with Gasteiger partial charge >= 0.3 is 0 Å². The van der Waals surface area contributed by atoms with Gasteiger partial charge < -0.3 is 0 Å². The molecule has 0 unspecified atom stereocenters. The van der Waals surface area contributed by atoms with Crippen LogP contribution in [0.2, 0.25) is 5.02 Å². The lowest BCUT2D eigenvalue weighted by atomic mass is 9.97. The Labute approximate surface area is 121 Å². The van der Waals surface area contributed by atoms with E-state index in [1.54, 1.807) is 43.0 Å². The molecule has 2 rings (SSSR count). The molecule has 2 amide bonds. The molecule has 0 saturated carbocycles. The average molecular weight is 295 g/mol. The molecule has 1 aromatic carbocycles. The lowest BCUT2D eigenvalue weighted by Gasteiger charge is -2.39. The molecule has 0 radical (unpaired) electrons. The van der Waals surface area contributed by atoms with E-state index in [0.29, 0.717) is 10.6 Å². The largest absolute Gasteiger partial charge is 0.294 e. The minimum atomic E-state index is -0.893. The van der Waals surface area contributed by atoms with Gasteiger partial charge in [0, 0.05) is 10.6 Å². The lowest BCUT2D eigenvalue weighted by Crippen LogP contribution is -2.64. The van der Waals surface area contributed by atoms with E-state index in [-0.39, 0.29) is 18.9 Å². The summed E-state index contributed by atoms with van der Waals surface area (Å²) < 4.78 is 0. The maximum atomic E-state index is 12.2. The number of halogens is 1. The van der Waals surface area contributed by atoms with Crippen molar-refractivity contribution in [3.05, 3.63) is 34.9 Å². The SMILES string of the molecule is CC1(C)C(=O)NC(=O)CN1CC(=O)c1ccc(Cl)cc1. The molecule has 1 aliphatic heterocycles. The van der Waals surface area contributed by atoms with Crippen molar-refractivity contribution in [3.63, 3.8) is 0 Å². The van der Waals surface area contributed by atoms with Crippen molar-refractivity contribution in [2.75, 3.05) is 13.1 Å². The van der Waals surface area contributed by atoms with Crippen LogP contribution in [0.3, 0.4) is 0 Å². The Balaban J connectivity index is 2.15. The molecule has 1 heterocycles. The number of imide groups is 1. The van der Waals surface area contributed by atoms with Crippen LogP contribution >= 0.6 is 11.6 Å². The summed E-state index contributed by atoms with van der Waals surface area (Å²) in [5, 5.41) is 2.82. The van der Waals surface area contributed by atoms with E-state index in [1.165, 1.54) is 0 Å². The highest BCUT2D eigenvalue weighted by Gasteiger charge is 2.41. The fraction of sp³-hybridized carbons (Fsp3) is 0.357. The van der Waals surface area contributed by atoms with Crippen molar-refractivity contribution < 1.29 is 14.4 Å². The molecule has 0 atom stereocenters. The molecule has 0 bridgehead atoms. The number of hydrogen-bond acceptors (Lipinski definition) is 4. The molecule has 0 aromatic heterocycles. The minimum absolute atomic E-state index is 0.00773. The van der Waals surface area contributed by atoms with Crippen molar-refractivity contribution >= 4 is 29.2 Å². The average Bonchev–Trinajstić information content (AvgIpc) is 2.36. The van der Waals surface area contributed by atoms with Gasteiger partial charge in [-0.15, -0.1) is 0 Å². The fourth-order valence-electron chi connectivity index (χ4n) is 1.99. The standard InChI is InChI=1S/C14H15ClN2O3/c1-14(2)13(20)16-12(19)8-17(14)7-11(18)9-3-5-10(15)6-4-9/h3-6H,7-8H2,1-2H3,(H,16,19,20). The Morgan fingerprint density at radius 2 is 1.90 bits per heavy atom. The van der Waals surface area contributed by atoms with Gasteiger partial charge in [-0.1, -0.05) is 11.6 Å². The molecule has 1 N–H and O–H groups in total. The number of nitrogens with one attached hydrogen (secondary N) is 1. The first-order valence-electron chi connectivity index (χ1n) is 6.19. The highest BCUT2D eigenvalue weighted by atomic mass is 35.5. The van der Waals surface area contributed by atoms with E-state index in [9.17, 15) is 14.4 Å². The molecular formula is C14H15ClN2O3. The Morgan fingerprint density at radius 1 is 1.30 bits per heavy atom. The van der Waals surface area contributed by atoms with Gasteiger partial charge in [-0.25, -0.2) is 0 Å². The van der Waals surface area contributed by atoms with E-state index >= 15 is 0 Å². The first-order valence-corrected chi connectivity index (χ1v) is 6.56. The number of benzene rings is 1. The summed E-state index contributed by atoms with van der Waals surface area (Å²) in [6, 6.07) is 6.52. The van der Waals surface area contributed by atoms with Gasteiger partial charge in [0.15, 0.2) is 5.78 Å². The van der Waals surface area contributed by atoms with Crippen molar-refractivity contribution in [3.8, 4) is 0 Å². The zero-order chi connectivity index (χ0) is 14.9. The van der Waals surface area contributed by atoms with Crippen molar-refractivity contribution in [1.29, 1.82) is 0 Å². The van der Waals surface area contributed by atoms with E-state index in [1.807, 2.05) is 0 Å². The van der Waals surface area contributed by atoms with Crippen molar-refractivity contribution in [2.24, 2.45) is 0 Å². The fourth-order valence-corrected chi connectivity index (χ4v) is 2.11. The summed E-state index contributed by atoms with van der Waals surface area (Å²) in [7, 11) is 0. The van der Waals surface area contributed by atoms with Crippen LogP contribution in [-0.2, 0) is 9.59 Å². The zero-order valence-electron chi connectivity index (χ0n) is 11.3. The normalized spacial score (nSPS) is 18.8. The maximum Gasteiger partial charge on any atom is 0.246 e. The van der Waals surface area contributed by atoms with E-state index in [2.05, 4.69) is 5.32 Å². The number of ketones is 1. The first-order chi connectivity index (χ1) is 9.30. The summed E-state index contributed by atoms with van der Waals surface area (Å²) in [5.74, 6) is -0.937. The van der Waals surface area contributed by atoms with Crippen LogP contribution < -0.4 is 5.32 Å². The van der Waals surface area contributed by atoms with Crippen LogP contribution in [0.5, 0.6) is 0 Å². The van der Waals surface area contributed by atoms with E-state index in [0.717, 1.165) is 0 Å². The number of amides is 2. The predicted molar refractivity (Wildman–Crippen MR) is 74.6 cm³/mol. The molecule has 1 fully saturated rings. The van der Waals surface area contributed by atoms with Gasteiger partial charge in [-0.2, -0.15) is 0 Å². The number of piperazine rings is 1. The number of rotatable bonds is 3. The van der Waals surface area contributed by atoms with Gasteiger partial charge in [0.05, 0.1) is 18.6 Å². The molecular weight excluding hydrogens is 280 g/mol. The maximum absolute atomic E-state index is 12.2. The lowest BCUT2D eigenvalue weighted by molar-refractivity contribution is -0.144. The number of carbonyl (C=O) groups is 3. The highest BCUT2D eigenvalue weighted by molar-refractivity contribution is 6.30. The Kier molecular flexibility index (Phi) is 3.92. The molecule has 1 saturated heterocycles. The third kappa shape index (κ3) is 2.89. The Morgan fingerprint density at radius 3 is 2.50 bits per heavy atom. The molecule has 6 heteroatoms. The van der Waals surface area contributed by atoms with Gasteiger partial charge in [-0.05, 0) is 38.1 Å². The van der Waals surface area contributed by atoms with Crippen LogP contribution in [0, 0.1) is 0 Å². The van der Waals surface area contributed by atoms with Crippen LogP contribution in [0.4, 0.5) is 0 Å². The summed E-state index contributed by atoms with van der Waals surface area (Å²) in [5.41, 5.74) is -0.390. The Hall–Kier alpha value is -1.72. The second-order valence-corrected chi connectivity index (χ2v) is 5.66. The zero-order valence-corrected chi connectivity index (χ0v) is 12.0. The number of carbonyl (C=O) groups excluding carboxylic acids is 3. The first kappa shape index (κ1) is 14.7. The summed E-state index contributed by atoms with van der Waals surface area (Å²) in [6.45, 7) is 3.40. The summed E-state index contributed by atoms with van der Waals surface area (Å²) in [4.78, 5) is 37.0. The van der Waals surface area contributed by atoms with Crippen LogP contribution in [0.25, 0.3) is 0 Å². The molecule has 1 aliphatic rings. The summed E-state index contributed by atoms with van der Waals surface area (Å²) >= 11 is 5.77. The Bertz CT molecular complexity index is 566. The molecule has 5 nitrogen and oxygen atoms in total. The number of Topliss-reactive ketones (excluding diaryl/α,β-unsaturated/α-hetero) is 1. The van der Waals surface area contributed by atoms with E-state index in [4.69, 9.17) is 11.6 Å².